The van der Waals surface area contributed by atoms with Crippen LogP contribution in [0.5, 0.6) is 0 Å². The molecule has 4 aromatic rings. The second-order valence-corrected chi connectivity index (χ2v) is 8.70. The van der Waals surface area contributed by atoms with Gasteiger partial charge in [-0.2, -0.15) is 0 Å². The predicted octanol–water partition coefficient (Wildman–Crippen LogP) is 5.85. The molecule has 162 valence electrons. The summed E-state index contributed by atoms with van der Waals surface area (Å²) in [4.78, 5) is 23.1. The molecule has 0 bridgehead atoms. The Balaban J connectivity index is 1.16. The maximum absolute atomic E-state index is 13.0. The number of benzene rings is 3. The molecule has 5 rings (SSSR count). The van der Waals surface area contributed by atoms with E-state index in [1.54, 1.807) is 0 Å². The van der Waals surface area contributed by atoms with Gasteiger partial charge in [-0.25, -0.2) is 4.98 Å². The summed E-state index contributed by atoms with van der Waals surface area (Å²) in [5.41, 5.74) is 4.95. The van der Waals surface area contributed by atoms with Gasteiger partial charge in [-0.1, -0.05) is 35.9 Å². The Labute approximate surface area is 192 Å². The molecule has 1 amide bonds. The van der Waals surface area contributed by atoms with Crippen molar-refractivity contribution in [3.63, 3.8) is 0 Å². The first-order chi connectivity index (χ1) is 15.7. The standard InChI is InChI=1S/C26H25ClN4O/c27-21-9-5-18(6-10-21)17-28-22-11-7-20(8-12-22)26(32)31-15-13-19(14-16-31)25-29-23-3-1-2-4-24(23)30-25/h1-12,19,28H,13-17H2,(H,29,30). The van der Waals surface area contributed by atoms with Gasteiger partial charge < -0.3 is 15.2 Å². The highest BCUT2D eigenvalue weighted by Gasteiger charge is 2.26. The van der Waals surface area contributed by atoms with Crippen molar-refractivity contribution in [1.29, 1.82) is 0 Å². The summed E-state index contributed by atoms with van der Waals surface area (Å²) >= 11 is 5.93. The number of carbonyl (C=O) groups is 1. The second-order valence-electron chi connectivity index (χ2n) is 8.26. The Hall–Kier alpha value is -3.31. The van der Waals surface area contributed by atoms with Crippen molar-refractivity contribution < 1.29 is 4.79 Å². The van der Waals surface area contributed by atoms with Gasteiger partial charge in [0.15, 0.2) is 0 Å². The largest absolute Gasteiger partial charge is 0.381 e. The molecular formula is C26H25ClN4O. The molecule has 0 aliphatic carbocycles. The molecular weight excluding hydrogens is 420 g/mol. The van der Waals surface area contributed by atoms with Crippen LogP contribution in [0.15, 0.2) is 72.8 Å². The SMILES string of the molecule is O=C(c1ccc(NCc2ccc(Cl)cc2)cc1)N1CCC(c2nc3ccccc3[nH]2)CC1. The number of hydrogen-bond donors (Lipinski definition) is 2. The lowest BCUT2D eigenvalue weighted by molar-refractivity contribution is 0.0711. The number of nitrogens with one attached hydrogen (secondary N) is 2. The Morgan fingerprint density at radius 1 is 1.00 bits per heavy atom. The number of piperidine rings is 1. The molecule has 3 aromatic carbocycles. The molecule has 1 aliphatic heterocycles. The van der Waals surface area contributed by atoms with Gasteiger partial charge in [-0.3, -0.25) is 4.79 Å². The number of aromatic amines is 1. The number of fused-ring (bicyclic) bond motifs is 1. The van der Waals surface area contributed by atoms with Gasteiger partial charge in [0.2, 0.25) is 0 Å². The van der Waals surface area contributed by atoms with Gasteiger partial charge in [-0.15, -0.1) is 0 Å². The van der Waals surface area contributed by atoms with Crippen LogP contribution in [-0.4, -0.2) is 33.9 Å². The second kappa shape index (κ2) is 9.05. The summed E-state index contributed by atoms with van der Waals surface area (Å²) in [6, 6.07) is 23.6. The van der Waals surface area contributed by atoms with Crippen LogP contribution in [0.1, 0.15) is 40.5 Å². The molecule has 0 saturated carbocycles. The van der Waals surface area contributed by atoms with Gasteiger partial charge >= 0.3 is 0 Å². The van der Waals surface area contributed by atoms with E-state index in [4.69, 9.17) is 16.6 Å². The number of nitrogens with zero attached hydrogens (tertiary/aromatic N) is 2. The lowest BCUT2D eigenvalue weighted by Crippen LogP contribution is -2.38. The molecule has 1 aliphatic rings. The first-order valence-electron chi connectivity index (χ1n) is 11.0. The maximum Gasteiger partial charge on any atom is 0.253 e. The van der Waals surface area contributed by atoms with Crippen LogP contribution in [0.2, 0.25) is 5.02 Å². The van der Waals surface area contributed by atoms with E-state index in [1.807, 2.05) is 71.6 Å². The Morgan fingerprint density at radius 3 is 2.44 bits per heavy atom. The van der Waals surface area contributed by atoms with Gasteiger partial charge in [-0.05, 0) is 66.9 Å². The van der Waals surface area contributed by atoms with Crippen molar-refractivity contribution in [3.05, 3.63) is 94.8 Å². The number of halogens is 1. The zero-order valence-corrected chi connectivity index (χ0v) is 18.5. The number of carbonyl (C=O) groups excluding carboxylic acids is 1. The molecule has 1 fully saturated rings. The number of aromatic nitrogens is 2. The molecule has 2 heterocycles. The van der Waals surface area contributed by atoms with Crippen LogP contribution >= 0.6 is 11.6 Å². The fraction of sp³-hybridized carbons (Fsp3) is 0.231. The number of amides is 1. The van der Waals surface area contributed by atoms with Crippen molar-refractivity contribution in [2.75, 3.05) is 18.4 Å². The Kier molecular flexibility index (Phi) is 5.82. The highest BCUT2D eigenvalue weighted by molar-refractivity contribution is 6.30. The average molecular weight is 445 g/mol. The Bertz CT molecular complexity index is 1180. The number of hydrogen-bond acceptors (Lipinski definition) is 3. The number of anilines is 1. The topological polar surface area (TPSA) is 61.0 Å². The highest BCUT2D eigenvalue weighted by Crippen LogP contribution is 2.28. The zero-order chi connectivity index (χ0) is 21.9. The van der Waals surface area contributed by atoms with Gasteiger partial charge in [0.25, 0.3) is 5.91 Å². The zero-order valence-electron chi connectivity index (χ0n) is 17.7. The normalized spacial score (nSPS) is 14.6. The quantitative estimate of drug-likeness (QED) is 0.406. The van der Waals surface area contributed by atoms with Crippen LogP contribution in [0.25, 0.3) is 11.0 Å². The van der Waals surface area contributed by atoms with Crippen LogP contribution in [0, 0.1) is 0 Å². The van der Waals surface area contributed by atoms with E-state index in [0.29, 0.717) is 12.5 Å². The van der Waals surface area contributed by atoms with Crippen LogP contribution in [0.4, 0.5) is 5.69 Å². The van der Waals surface area contributed by atoms with E-state index < -0.39 is 0 Å². The minimum Gasteiger partial charge on any atom is -0.381 e. The van der Waals surface area contributed by atoms with Crippen molar-refractivity contribution in [2.45, 2.75) is 25.3 Å². The summed E-state index contributed by atoms with van der Waals surface area (Å²) in [6.45, 7) is 2.20. The van der Waals surface area contributed by atoms with Crippen molar-refractivity contribution in [2.24, 2.45) is 0 Å². The molecule has 0 radical (unpaired) electrons. The average Bonchev–Trinajstić information content (AvgIpc) is 3.28. The monoisotopic (exact) mass is 444 g/mol. The molecule has 0 unspecified atom stereocenters. The van der Waals surface area contributed by atoms with Crippen LogP contribution in [-0.2, 0) is 6.54 Å². The van der Waals surface area contributed by atoms with Gasteiger partial charge in [0.05, 0.1) is 11.0 Å². The number of imidazole rings is 1. The maximum atomic E-state index is 13.0. The number of likely N-dealkylation sites (tertiary alicyclic amines) is 1. The number of para-hydroxylation sites is 2. The van der Waals surface area contributed by atoms with Crippen molar-refractivity contribution >= 4 is 34.2 Å². The Morgan fingerprint density at radius 2 is 1.72 bits per heavy atom. The van der Waals surface area contributed by atoms with Crippen LogP contribution in [0.3, 0.4) is 0 Å². The smallest absolute Gasteiger partial charge is 0.253 e. The lowest BCUT2D eigenvalue weighted by Gasteiger charge is -2.31. The van der Waals surface area contributed by atoms with E-state index in [9.17, 15) is 4.79 Å². The van der Waals surface area contributed by atoms with E-state index >= 15 is 0 Å². The highest BCUT2D eigenvalue weighted by atomic mass is 35.5. The minimum absolute atomic E-state index is 0.0947. The molecule has 1 aromatic heterocycles. The van der Waals surface area contributed by atoms with E-state index in [2.05, 4.69) is 16.4 Å². The molecule has 0 spiro atoms. The van der Waals surface area contributed by atoms with E-state index in [1.165, 1.54) is 0 Å². The summed E-state index contributed by atoms with van der Waals surface area (Å²) in [7, 11) is 0. The molecule has 1 saturated heterocycles. The third kappa shape index (κ3) is 4.48. The summed E-state index contributed by atoms with van der Waals surface area (Å²) < 4.78 is 0. The third-order valence-electron chi connectivity index (χ3n) is 6.12. The summed E-state index contributed by atoms with van der Waals surface area (Å²) in [5.74, 6) is 1.50. The van der Waals surface area contributed by atoms with E-state index in [-0.39, 0.29) is 5.91 Å². The van der Waals surface area contributed by atoms with E-state index in [0.717, 1.165) is 64.6 Å². The van der Waals surface area contributed by atoms with Gasteiger partial charge in [0.1, 0.15) is 5.82 Å². The lowest BCUT2D eigenvalue weighted by atomic mass is 9.95. The van der Waals surface area contributed by atoms with Gasteiger partial charge in [0, 0.05) is 41.8 Å². The molecule has 6 heteroatoms. The van der Waals surface area contributed by atoms with Crippen molar-refractivity contribution in [3.8, 4) is 0 Å². The molecule has 5 nitrogen and oxygen atoms in total. The number of H-pyrrole nitrogens is 1. The summed E-state index contributed by atoms with van der Waals surface area (Å²) in [5, 5.41) is 4.12. The minimum atomic E-state index is 0.0947. The fourth-order valence-electron chi connectivity index (χ4n) is 4.24. The summed E-state index contributed by atoms with van der Waals surface area (Å²) in [6.07, 6.45) is 1.85. The fourth-order valence-corrected chi connectivity index (χ4v) is 4.37. The first-order valence-corrected chi connectivity index (χ1v) is 11.4. The third-order valence-corrected chi connectivity index (χ3v) is 6.37. The van der Waals surface area contributed by atoms with Crippen LogP contribution < -0.4 is 5.32 Å². The molecule has 0 atom stereocenters. The number of rotatable bonds is 5. The predicted molar refractivity (Wildman–Crippen MR) is 129 cm³/mol. The molecule has 32 heavy (non-hydrogen) atoms. The van der Waals surface area contributed by atoms with Crippen molar-refractivity contribution in [1.82, 2.24) is 14.9 Å². The first kappa shape index (κ1) is 20.6. The molecule has 2 N–H and O–H groups in total.